The second-order valence-electron chi connectivity index (χ2n) is 1.92. The third-order valence-corrected chi connectivity index (χ3v) is 0.982. The minimum absolute atomic E-state index is 0.0759. The summed E-state index contributed by atoms with van der Waals surface area (Å²) >= 11 is 0. The molecule has 0 aliphatic heterocycles. The summed E-state index contributed by atoms with van der Waals surface area (Å²) in [6.45, 7) is 9.47. The van der Waals surface area contributed by atoms with E-state index in [0.717, 1.165) is 5.69 Å². The number of hydrogen-bond acceptors (Lipinski definition) is 2. The first-order chi connectivity index (χ1) is 6.79. The van der Waals surface area contributed by atoms with Gasteiger partial charge in [0.15, 0.2) is 0 Å². The highest BCUT2D eigenvalue weighted by atomic mass is 16.1. The first-order valence-corrected chi connectivity index (χ1v) is 4.96. The molecule has 3 heteroatoms. The first-order valence-electron chi connectivity index (χ1n) is 4.96. The van der Waals surface area contributed by atoms with E-state index in [1.54, 1.807) is 24.5 Å². The van der Waals surface area contributed by atoms with Crippen LogP contribution in [0.25, 0.3) is 0 Å². The molecule has 3 nitrogen and oxygen atoms in total. The largest absolute Gasteiger partial charge is 0.325 e. The Kier molecular flexibility index (Phi) is 12.5. The maximum absolute atomic E-state index is 10.5. The fourth-order valence-corrected chi connectivity index (χ4v) is 0.640. The lowest BCUT2D eigenvalue weighted by Gasteiger charge is -1.97. The van der Waals surface area contributed by atoms with Crippen LogP contribution >= 0.6 is 0 Å². The molecule has 0 bridgehead atoms. The van der Waals surface area contributed by atoms with Gasteiger partial charge in [0.2, 0.25) is 5.91 Å². The molecule has 0 saturated heterocycles. The second kappa shape index (κ2) is 11.6. The Morgan fingerprint density at radius 2 is 1.86 bits per heavy atom. The molecule has 1 rings (SSSR count). The van der Waals surface area contributed by atoms with E-state index in [1.807, 2.05) is 27.7 Å². The van der Waals surface area contributed by atoms with Crippen LogP contribution in [0.3, 0.4) is 0 Å². The average molecular weight is 196 g/mol. The number of nitrogens with one attached hydrogen (secondary N) is 1. The third kappa shape index (κ3) is 8.71. The number of nitrogens with zero attached hydrogens (tertiary/aromatic N) is 1. The predicted molar refractivity (Wildman–Crippen MR) is 61.2 cm³/mol. The van der Waals surface area contributed by atoms with Gasteiger partial charge < -0.3 is 5.32 Å². The molecular weight excluding hydrogens is 176 g/mol. The van der Waals surface area contributed by atoms with E-state index in [4.69, 9.17) is 0 Å². The first kappa shape index (κ1) is 15.1. The van der Waals surface area contributed by atoms with Crippen molar-refractivity contribution in [3.63, 3.8) is 0 Å². The lowest BCUT2D eigenvalue weighted by molar-refractivity contribution is -0.114. The fourth-order valence-electron chi connectivity index (χ4n) is 0.640. The third-order valence-electron chi connectivity index (χ3n) is 0.982. The zero-order valence-corrected chi connectivity index (χ0v) is 9.66. The number of carbonyl (C=O) groups excluding carboxylic acids is 1. The summed E-state index contributed by atoms with van der Waals surface area (Å²) in [6, 6.07) is 3.56. The predicted octanol–water partition coefficient (Wildman–Crippen LogP) is 3.09. The zero-order chi connectivity index (χ0) is 11.4. The van der Waals surface area contributed by atoms with Gasteiger partial charge in [-0.1, -0.05) is 27.7 Å². The van der Waals surface area contributed by atoms with Crippen molar-refractivity contribution in [2.24, 2.45) is 0 Å². The summed E-state index contributed by atoms with van der Waals surface area (Å²) in [6.07, 6.45) is 3.26. The summed E-state index contributed by atoms with van der Waals surface area (Å²) in [5.74, 6) is -0.0759. The zero-order valence-electron chi connectivity index (χ0n) is 9.66. The van der Waals surface area contributed by atoms with E-state index in [0.29, 0.717) is 0 Å². The van der Waals surface area contributed by atoms with Crippen molar-refractivity contribution in [3.05, 3.63) is 24.5 Å². The molecule has 0 aliphatic rings. The van der Waals surface area contributed by atoms with Crippen molar-refractivity contribution in [1.29, 1.82) is 0 Å². The standard InChI is InChI=1S/C7H8N2O.2C2H6/c1-6(10)9-7-3-2-4-8-5-7;2*1-2/h2-5H,1H3,(H,9,10);2*1-2H3. The molecule has 0 atom stereocenters. The van der Waals surface area contributed by atoms with E-state index in [-0.39, 0.29) is 5.91 Å². The highest BCUT2D eigenvalue weighted by molar-refractivity contribution is 5.88. The van der Waals surface area contributed by atoms with E-state index < -0.39 is 0 Å². The number of hydrogen-bond donors (Lipinski definition) is 1. The molecule has 0 aromatic carbocycles. The molecule has 1 aromatic rings. The minimum Gasteiger partial charge on any atom is -0.325 e. The molecule has 0 spiro atoms. The molecule has 0 saturated carbocycles. The average Bonchev–Trinajstić information content (AvgIpc) is 2.24. The number of aromatic nitrogens is 1. The molecule has 0 aliphatic carbocycles. The van der Waals surface area contributed by atoms with Crippen LogP contribution in [0.1, 0.15) is 34.6 Å². The molecule has 0 unspecified atom stereocenters. The monoisotopic (exact) mass is 196 g/mol. The van der Waals surface area contributed by atoms with E-state index in [9.17, 15) is 4.79 Å². The van der Waals surface area contributed by atoms with Gasteiger partial charge in [0.25, 0.3) is 0 Å². The van der Waals surface area contributed by atoms with E-state index in [2.05, 4.69) is 10.3 Å². The van der Waals surface area contributed by atoms with Crippen molar-refractivity contribution < 1.29 is 4.79 Å². The molecule has 0 fully saturated rings. The maximum Gasteiger partial charge on any atom is 0.221 e. The summed E-state index contributed by atoms with van der Waals surface area (Å²) in [5, 5.41) is 2.60. The van der Waals surface area contributed by atoms with Gasteiger partial charge in [0.05, 0.1) is 11.9 Å². The molecule has 0 radical (unpaired) electrons. The number of pyridine rings is 1. The fraction of sp³-hybridized carbons (Fsp3) is 0.455. The Morgan fingerprint density at radius 3 is 2.21 bits per heavy atom. The summed E-state index contributed by atoms with van der Waals surface area (Å²) in [7, 11) is 0. The van der Waals surface area contributed by atoms with Gasteiger partial charge in [0, 0.05) is 13.1 Å². The topological polar surface area (TPSA) is 42.0 Å². The Labute approximate surface area is 86.6 Å². The van der Waals surface area contributed by atoms with Crippen molar-refractivity contribution in [1.82, 2.24) is 4.98 Å². The van der Waals surface area contributed by atoms with Crippen LogP contribution in [0.2, 0.25) is 0 Å². The van der Waals surface area contributed by atoms with Gasteiger partial charge in [-0.05, 0) is 12.1 Å². The summed E-state index contributed by atoms with van der Waals surface area (Å²) in [5.41, 5.74) is 0.731. The Balaban J connectivity index is 0. The number of anilines is 1. The van der Waals surface area contributed by atoms with Crippen LogP contribution in [0.4, 0.5) is 5.69 Å². The molecule has 1 heterocycles. The molecule has 14 heavy (non-hydrogen) atoms. The number of carbonyl (C=O) groups is 1. The second-order valence-corrected chi connectivity index (χ2v) is 1.92. The number of rotatable bonds is 1. The van der Waals surface area contributed by atoms with Crippen molar-refractivity contribution in [2.75, 3.05) is 5.32 Å². The van der Waals surface area contributed by atoms with E-state index >= 15 is 0 Å². The van der Waals surface area contributed by atoms with Crippen molar-refractivity contribution >= 4 is 11.6 Å². The molecule has 80 valence electrons. The molecule has 1 N–H and O–H groups in total. The Bertz CT molecular complexity index is 222. The van der Waals surface area contributed by atoms with Gasteiger partial charge in [-0.3, -0.25) is 9.78 Å². The van der Waals surface area contributed by atoms with E-state index in [1.165, 1.54) is 6.92 Å². The van der Waals surface area contributed by atoms with Crippen molar-refractivity contribution in [3.8, 4) is 0 Å². The van der Waals surface area contributed by atoms with Crippen LogP contribution in [0.15, 0.2) is 24.5 Å². The molecule has 1 aromatic heterocycles. The minimum atomic E-state index is -0.0759. The number of amides is 1. The summed E-state index contributed by atoms with van der Waals surface area (Å²) in [4.78, 5) is 14.3. The quantitative estimate of drug-likeness (QED) is 0.750. The molecular formula is C11H20N2O. The highest BCUT2D eigenvalue weighted by Crippen LogP contribution is 2.00. The lowest BCUT2D eigenvalue weighted by Crippen LogP contribution is -2.05. The normalized spacial score (nSPS) is 7.21. The van der Waals surface area contributed by atoms with Crippen LogP contribution in [-0.2, 0) is 4.79 Å². The SMILES string of the molecule is CC.CC.CC(=O)Nc1cccnc1. The summed E-state index contributed by atoms with van der Waals surface area (Å²) < 4.78 is 0. The lowest BCUT2D eigenvalue weighted by atomic mass is 10.4. The van der Waals surface area contributed by atoms with Gasteiger partial charge in [0.1, 0.15) is 0 Å². The smallest absolute Gasteiger partial charge is 0.221 e. The molecule has 1 amide bonds. The van der Waals surface area contributed by atoms with Gasteiger partial charge in [-0.25, -0.2) is 0 Å². The van der Waals surface area contributed by atoms with Gasteiger partial charge in [-0.2, -0.15) is 0 Å². The van der Waals surface area contributed by atoms with Gasteiger partial charge in [-0.15, -0.1) is 0 Å². The van der Waals surface area contributed by atoms with Crippen LogP contribution < -0.4 is 5.32 Å². The van der Waals surface area contributed by atoms with Crippen LogP contribution in [0.5, 0.6) is 0 Å². The van der Waals surface area contributed by atoms with Gasteiger partial charge >= 0.3 is 0 Å². The Hall–Kier alpha value is -1.38. The maximum atomic E-state index is 10.5. The van der Waals surface area contributed by atoms with Crippen molar-refractivity contribution in [2.45, 2.75) is 34.6 Å². The Morgan fingerprint density at radius 1 is 1.29 bits per heavy atom. The highest BCUT2D eigenvalue weighted by Gasteiger charge is 1.90. The van der Waals surface area contributed by atoms with Crippen LogP contribution in [0, 0.1) is 0 Å². The van der Waals surface area contributed by atoms with Crippen LogP contribution in [-0.4, -0.2) is 10.9 Å².